The number of hydrogen-bond acceptors (Lipinski definition) is 6. The molecule has 1 aromatic heterocycles. The summed E-state index contributed by atoms with van der Waals surface area (Å²) in [4.78, 5) is 18.7. The largest absolute Gasteiger partial charge is 0.447 e. The second-order valence-corrected chi connectivity index (χ2v) is 7.57. The van der Waals surface area contributed by atoms with E-state index in [1.54, 1.807) is 4.90 Å². The predicted molar refractivity (Wildman–Crippen MR) is 108 cm³/mol. The van der Waals surface area contributed by atoms with Crippen LogP contribution in [-0.4, -0.2) is 27.3 Å². The van der Waals surface area contributed by atoms with Crippen molar-refractivity contribution in [2.45, 2.75) is 18.3 Å². The van der Waals surface area contributed by atoms with E-state index in [2.05, 4.69) is 31.1 Å². The van der Waals surface area contributed by atoms with Crippen molar-refractivity contribution in [2.75, 3.05) is 11.2 Å². The fraction of sp³-hybridized carbons (Fsp3) is 0.158. The van der Waals surface area contributed by atoms with Crippen molar-refractivity contribution < 1.29 is 9.53 Å². The summed E-state index contributed by atoms with van der Waals surface area (Å²) in [6.45, 7) is 1.52. The van der Waals surface area contributed by atoms with Crippen LogP contribution in [0.25, 0.3) is 11.3 Å². The minimum atomic E-state index is -0.663. The Balaban J connectivity index is 1.96. The van der Waals surface area contributed by atoms with E-state index in [1.165, 1.54) is 18.7 Å². The molecule has 2 heterocycles. The highest BCUT2D eigenvalue weighted by Gasteiger charge is 2.34. The maximum Gasteiger partial charge on any atom is 0.247 e. The van der Waals surface area contributed by atoms with Gasteiger partial charge in [-0.1, -0.05) is 58.0 Å². The van der Waals surface area contributed by atoms with Gasteiger partial charge in [0.2, 0.25) is 23.2 Å². The molecule has 0 aliphatic carbocycles. The molecule has 0 N–H and O–H groups in total. The van der Waals surface area contributed by atoms with Crippen LogP contribution in [0.15, 0.2) is 58.2 Å². The fourth-order valence-corrected chi connectivity index (χ4v) is 3.54. The van der Waals surface area contributed by atoms with E-state index in [0.717, 1.165) is 15.6 Å². The van der Waals surface area contributed by atoms with E-state index in [-0.39, 0.29) is 5.91 Å². The molecule has 1 aliphatic rings. The molecule has 2 aromatic carbocycles. The molecule has 27 heavy (non-hydrogen) atoms. The minimum absolute atomic E-state index is 0.138. The zero-order valence-electron chi connectivity index (χ0n) is 14.6. The van der Waals surface area contributed by atoms with Crippen LogP contribution in [0.3, 0.4) is 0 Å². The SMILES string of the molecule is CSc1nnc2c(n1)O[C@H](c1ccc(Br)cc1)N(C(C)=O)c1ccccc1-2. The number of aromatic nitrogens is 3. The van der Waals surface area contributed by atoms with Crippen LogP contribution in [0.1, 0.15) is 18.7 Å². The Morgan fingerprint density at radius 2 is 1.89 bits per heavy atom. The molecule has 1 amide bonds. The average molecular weight is 443 g/mol. The van der Waals surface area contributed by atoms with Crippen LogP contribution < -0.4 is 9.64 Å². The van der Waals surface area contributed by atoms with Crippen molar-refractivity contribution in [1.29, 1.82) is 0 Å². The first-order valence-corrected chi connectivity index (χ1v) is 10.2. The van der Waals surface area contributed by atoms with Crippen molar-refractivity contribution in [1.82, 2.24) is 15.2 Å². The number of anilines is 1. The summed E-state index contributed by atoms with van der Waals surface area (Å²) in [7, 11) is 0. The molecular formula is C19H15BrN4O2S. The summed E-state index contributed by atoms with van der Waals surface area (Å²) in [5.74, 6) is 0.222. The maximum absolute atomic E-state index is 12.6. The van der Waals surface area contributed by atoms with Gasteiger partial charge in [0.15, 0.2) is 5.69 Å². The van der Waals surface area contributed by atoms with Gasteiger partial charge in [0.05, 0.1) is 5.69 Å². The molecule has 1 atom stereocenters. The lowest BCUT2D eigenvalue weighted by molar-refractivity contribution is -0.118. The molecule has 0 saturated heterocycles. The van der Waals surface area contributed by atoms with E-state index in [9.17, 15) is 4.79 Å². The molecule has 8 heteroatoms. The van der Waals surface area contributed by atoms with Crippen molar-refractivity contribution in [3.05, 3.63) is 58.6 Å². The summed E-state index contributed by atoms with van der Waals surface area (Å²) in [6, 6.07) is 15.2. The fourth-order valence-electron chi connectivity index (χ4n) is 2.98. The lowest BCUT2D eigenvalue weighted by Crippen LogP contribution is -2.36. The highest BCUT2D eigenvalue weighted by Crippen LogP contribution is 2.43. The van der Waals surface area contributed by atoms with Gasteiger partial charge in [0.25, 0.3) is 0 Å². The highest BCUT2D eigenvalue weighted by atomic mass is 79.9. The monoisotopic (exact) mass is 442 g/mol. The van der Waals surface area contributed by atoms with Crippen molar-refractivity contribution in [3.63, 3.8) is 0 Å². The van der Waals surface area contributed by atoms with E-state index in [4.69, 9.17) is 4.74 Å². The van der Waals surface area contributed by atoms with Crippen molar-refractivity contribution in [3.8, 4) is 17.1 Å². The zero-order valence-corrected chi connectivity index (χ0v) is 17.0. The molecule has 0 fully saturated rings. The number of carbonyl (C=O) groups excluding carboxylic acids is 1. The molecule has 3 aromatic rings. The molecular weight excluding hydrogens is 428 g/mol. The quantitative estimate of drug-likeness (QED) is 0.545. The molecule has 0 spiro atoms. The Morgan fingerprint density at radius 3 is 2.59 bits per heavy atom. The van der Waals surface area contributed by atoms with E-state index < -0.39 is 6.23 Å². The number of para-hydroxylation sites is 1. The van der Waals surface area contributed by atoms with Gasteiger partial charge >= 0.3 is 0 Å². The molecule has 1 aliphatic heterocycles. The molecule has 6 nitrogen and oxygen atoms in total. The second kappa shape index (κ2) is 7.28. The molecule has 4 rings (SSSR count). The first kappa shape index (κ1) is 17.9. The molecule has 0 saturated carbocycles. The minimum Gasteiger partial charge on any atom is -0.447 e. The summed E-state index contributed by atoms with van der Waals surface area (Å²) < 4.78 is 7.19. The highest BCUT2D eigenvalue weighted by molar-refractivity contribution is 9.10. The van der Waals surface area contributed by atoms with Gasteiger partial charge in [0.1, 0.15) is 0 Å². The van der Waals surface area contributed by atoms with Crippen LogP contribution in [-0.2, 0) is 4.79 Å². The summed E-state index contributed by atoms with van der Waals surface area (Å²) >= 11 is 4.83. The number of nitrogens with zero attached hydrogens (tertiary/aromatic N) is 4. The molecule has 0 radical (unpaired) electrons. The first-order chi connectivity index (χ1) is 13.1. The van der Waals surface area contributed by atoms with E-state index in [1.807, 2.05) is 54.8 Å². The Bertz CT molecular complexity index is 1010. The number of halogens is 1. The predicted octanol–water partition coefficient (Wildman–Crippen LogP) is 4.47. The standard InChI is InChI=1S/C19H15BrN4O2S/c1-11(25)24-15-6-4-3-5-14(15)16-17(21-19(27-2)23-22-16)26-18(24)12-7-9-13(20)10-8-12/h3-10,18H,1-2H3/t18-/m1/s1. The van der Waals surface area contributed by atoms with Gasteiger partial charge in [-0.15, -0.1) is 10.2 Å². The van der Waals surface area contributed by atoms with Crippen LogP contribution in [0, 0.1) is 0 Å². The Kier molecular flexibility index (Phi) is 4.84. The molecule has 0 bridgehead atoms. The van der Waals surface area contributed by atoms with Gasteiger partial charge in [-0.05, 0) is 24.5 Å². The van der Waals surface area contributed by atoms with Gasteiger partial charge in [-0.25, -0.2) is 0 Å². The van der Waals surface area contributed by atoms with Crippen molar-refractivity contribution in [2.24, 2.45) is 0 Å². The van der Waals surface area contributed by atoms with Gasteiger partial charge in [-0.2, -0.15) is 4.98 Å². The normalized spacial score (nSPS) is 15.4. The Hall–Kier alpha value is -2.45. The number of benzene rings is 2. The maximum atomic E-state index is 12.6. The second-order valence-electron chi connectivity index (χ2n) is 5.88. The third-order valence-corrected chi connectivity index (χ3v) is 5.26. The number of amides is 1. The third kappa shape index (κ3) is 3.30. The van der Waals surface area contributed by atoms with Crippen LogP contribution in [0.4, 0.5) is 5.69 Å². The number of thioether (sulfide) groups is 1. The number of rotatable bonds is 2. The Morgan fingerprint density at radius 1 is 1.15 bits per heavy atom. The van der Waals surface area contributed by atoms with Crippen LogP contribution in [0.5, 0.6) is 5.88 Å². The first-order valence-electron chi connectivity index (χ1n) is 8.18. The smallest absolute Gasteiger partial charge is 0.247 e. The molecule has 0 unspecified atom stereocenters. The topological polar surface area (TPSA) is 68.2 Å². The van der Waals surface area contributed by atoms with Gasteiger partial charge in [-0.3, -0.25) is 9.69 Å². The zero-order chi connectivity index (χ0) is 19.0. The van der Waals surface area contributed by atoms with Crippen molar-refractivity contribution >= 4 is 39.3 Å². The number of ether oxygens (including phenoxy) is 1. The summed E-state index contributed by atoms with van der Waals surface area (Å²) in [5.41, 5.74) is 2.83. The van der Waals surface area contributed by atoms with Gasteiger partial charge in [0, 0.05) is 22.5 Å². The molecule has 136 valence electrons. The third-order valence-electron chi connectivity index (χ3n) is 4.19. The summed E-state index contributed by atoms with van der Waals surface area (Å²) in [6.07, 6.45) is 1.21. The van der Waals surface area contributed by atoms with Crippen LogP contribution >= 0.6 is 27.7 Å². The van der Waals surface area contributed by atoms with E-state index in [0.29, 0.717) is 22.4 Å². The van der Waals surface area contributed by atoms with E-state index >= 15 is 0 Å². The number of fused-ring (bicyclic) bond motifs is 3. The summed E-state index contributed by atoms with van der Waals surface area (Å²) in [5, 5.41) is 8.98. The lowest BCUT2D eigenvalue weighted by atomic mass is 10.1. The number of carbonyl (C=O) groups is 1. The van der Waals surface area contributed by atoms with Crippen LogP contribution in [0.2, 0.25) is 0 Å². The Labute approximate surface area is 169 Å². The van der Waals surface area contributed by atoms with Gasteiger partial charge < -0.3 is 4.74 Å². The number of hydrogen-bond donors (Lipinski definition) is 0. The average Bonchev–Trinajstić information content (AvgIpc) is 2.82. The lowest BCUT2D eigenvalue weighted by Gasteiger charge is -2.29.